The minimum Gasteiger partial charge on any atom is -0.394 e. The number of amides is 1. The fourth-order valence-corrected chi connectivity index (χ4v) is 2.94. The molecule has 0 bridgehead atoms. The van der Waals surface area contributed by atoms with Crippen molar-refractivity contribution in [3.63, 3.8) is 0 Å². The molecule has 1 amide bonds. The number of rotatable bonds is 3. The van der Waals surface area contributed by atoms with Crippen LogP contribution in [0.25, 0.3) is 11.0 Å². The van der Waals surface area contributed by atoms with Crippen molar-refractivity contribution < 1.29 is 24.9 Å². The molecule has 1 fully saturated rings. The maximum Gasteiger partial charge on any atom is 0.254 e. The zero-order valence-electron chi connectivity index (χ0n) is 13.2. The Morgan fingerprint density at radius 2 is 2.16 bits per heavy atom. The van der Waals surface area contributed by atoms with Gasteiger partial charge in [-0.3, -0.25) is 9.59 Å². The highest BCUT2D eigenvalue weighted by atomic mass is 16.6. The van der Waals surface area contributed by atoms with Crippen LogP contribution in [0.1, 0.15) is 23.5 Å². The van der Waals surface area contributed by atoms with E-state index in [1.54, 1.807) is 0 Å². The number of nitrogens with zero attached hydrogens (tertiary/aromatic N) is 3. The summed E-state index contributed by atoms with van der Waals surface area (Å²) < 4.78 is 6.68. The minimum atomic E-state index is -1.86. The molecule has 0 saturated carbocycles. The monoisotopic (exact) mass is 351 g/mol. The molecule has 3 heterocycles. The van der Waals surface area contributed by atoms with Crippen LogP contribution >= 0.6 is 0 Å². The number of nitrogen functional groups attached to an aromatic ring is 1. The molecule has 0 radical (unpaired) electrons. The van der Waals surface area contributed by atoms with Gasteiger partial charge in [0.2, 0.25) is 5.43 Å². The smallest absolute Gasteiger partial charge is 0.254 e. The lowest BCUT2D eigenvalue weighted by Gasteiger charge is -2.29. The Balaban J connectivity index is 2.34. The third-order valence-corrected chi connectivity index (χ3v) is 4.29. The molecule has 134 valence electrons. The number of aromatic nitrogens is 3. The summed E-state index contributed by atoms with van der Waals surface area (Å²) >= 11 is 0. The quantitative estimate of drug-likeness (QED) is 0.397. The topological polar surface area (TPSA) is 187 Å². The van der Waals surface area contributed by atoms with Crippen molar-refractivity contribution in [1.82, 2.24) is 14.5 Å². The summed E-state index contributed by atoms with van der Waals surface area (Å²) in [5.74, 6) is -1.19. The molecule has 1 saturated heterocycles. The molecule has 1 aliphatic rings. The van der Waals surface area contributed by atoms with Crippen LogP contribution in [0, 0.1) is 0 Å². The van der Waals surface area contributed by atoms with E-state index >= 15 is 0 Å². The first-order chi connectivity index (χ1) is 11.7. The van der Waals surface area contributed by atoms with Crippen LogP contribution in [0.2, 0.25) is 0 Å². The first-order valence-electron chi connectivity index (χ1n) is 7.32. The van der Waals surface area contributed by atoms with Crippen molar-refractivity contribution in [2.75, 3.05) is 12.3 Å². The van der Waals surface area contributed by atoms with E-state index in [1.165, 1.54) is 11.5 Å². The second kappa shape index (κ2) is 5.74. The molecule has 3 unspecified atom stereocenters. The van der Waals surface area contributed by atoms with Gasteiger partial charge in [-0.2, -0.15) is 0 Å². The molecule has 3 rings (SSSR count). The third kappa shape index (κ3) is 2.44. The van der Waals surface area contributed by atoms with Gasteiger partial charge in [0.05, 0.1) is 6.61 Å². The van der Waals surface area contributed by atoms with E-state index in [0.717, 1.165) is 12.5 Å². The zero-order chi connectivity index (χ0) is 18.5. The Bertz CT molecular complexity index is 910. The Kier molecular flexibility index (Phi) is 3.95. The number of pyridine rings is 1. The summed E-state index contributed by atoms with van der Waals surface area (Å²) in [6.45, 7) is 0.738. The average molecular weight is 351 g/mol. The molecular weight excluding hydrogens is 334 g/mol. The van der Waals surface area contributed by atoms with E-state index in [9.17, 15) is 24.9 Å². The van der Waals surface area contributed by atoms with Crippen LogP contribution in [0.3, 0.4) is 0 Å². The highest BCUT2D eigenvalue weighted by Crippen LogP contribution is 2.39. The SMILES string of the molecule is C[C@@]1(O)C(O)C(CO)OC1n1cc(C(N)=O)c(=O)c2c(N)ncnc21. The second-order valence-corrected chi connectivity index (χ2v) is 5.98. The van der Waals surface area contributed by atoms with Crippen molar-refractivity contribution >= 4 is 22.8 Å². The number of nitrogens with two attached hydrogens (primary N) is 2. The largest absolute Gasteiger partial charge is 0.394 e. The van der Waals surface area contributed by atoms with Gasteiger partial charge in [0.25, 0.3) is 5.91 Å². The summed E-state index contributed by atoms with van der Waals surface area (Å²) in [5, 5.41) is 29.9. The fraction of sp³-hybridized carbons (Fsp3) is 0.429. The van der Waals surface area contributed by atoms with Crippen molar-refractivity contribution in [3.8, 4) is 0 Å². The summed E-state index contributed by atoms with van der Waals surface area (Å²) in [6.07, 6.45) is -1.60. The number of carbonyl (C=O) groups excluding carboxylic acids is 1. The van der Waals surface area contributed by atoms with E-state index in [4.69, 9.17) is 16.2 Å². The predicted molar refractivity (Wildman–Crippen MR) is 84.4 cm³/mol. The van der Waals surface area contributed by atoms with E-state index in [2.05, 4.69) is 9.97 Å². The van der Waals surface area contributed by atoms with Gasteiger partial charge in [0.1, 0.15) is 40.9 Å². The van der Waals surface area contributed by atoms with Gasteiger partial charge < -0.3 is 36.1 Å². The summed E-state index contributed by atoms with van der Waals surface area (Å²) in [4.78, 5) is 31.8. The molecular formula is C14H17N5O6. The summed E-state index contributed by atoms with van der Waals surface area (Å²) in [6, 6.07) is 0. The molecule has 2 aromatic rings. The van der Waals surface area contributed by atoms with E-state index in [0.29, 0.717) is 0 Å². The first-order valence-corrected chi connectivity index (χ1v) is 7.32. The number of primary amides is 1. The second-order valence-electron chi connectivity index (χ2n) is 5.98. The molecule has 1 aliphatic heterocycles. The third-order valence-electron chi connectivity index (χ3n) is 4.29. The summed E-state index contributed by atoms with van der Waals surface area (Å²) in [5.41, 5.74) is 7.94. The highest BCUT2D eigenvalue weighted by molar-refractivity contribution is 5.97. The van der Waals surface area contributed by atoms with Crippen LogP contribution in [-0.4, -0.2) is 60.2 Å². The average Bonchev–Trinajstić information content (AvgIpc) is 2.78. The van der Waals surface area contributed by atoms with Crippen LogP contribution in [0.4, 0.5) is 5.82 Å². The maximum atomic E-state index is 12.4. The lowest BCUT2D eigenvalue weighted by Crippen LogP contribution is -2.44. The van der Waals surface area contributed by atoms with Crippen molar-refractivity contribution in [1.29, 1.82) is 0 Å². The Labute approximate surface area is 140 Å². The molecule has 0 aromatic carbocycles. The van der Waals surface area contributed by atoms with Gasteiger partial charge in [0.15, 0.2) is 11.9 Å². The van der Waals surface area contributed by atoms with Crippen LogP contribution in [0.15, 0.2) is 17.3 Å². The fourth-order valence-electron chi connectivity index (χ4n) is 2.94. The molecule has 2 aromatic heterocycles. The van der Waals surface area contributed by atoms with Gasteiger partial charge in [-0.25, -0.2) is 9.97 Å². The molecule has 4 atom stereocenters. The maximum absolute atomic E-state index is 12.4. The molecule has 0 aliphatic carbocycles. The number of carbonyl (C=O) groups is 1. The lowest BCUT2D eigenvalue weighted by atomic mass is 9.96. The van der Waals surface area contributed by atoms with E-state index in [-0.39, 0.29) is 16.9 Å². The van der Waals surface area contributed by atoms with Gasteiger partial charge in [-0.1, -0.05) is 0 Å². The Morgan fingerprint density at radius 3 is 2.72 bits per heavy atom. The normalized spacial score (nSPS) is 29.2. The lowest BCUT2D eigenvalue weighted by molar-refractivity contribution is -0.0951. The zero-order valence-corrected chi connectivity index (χ0v) is 13.2. The number of aliphatic hydroxyl groups is 3. The molecule has 11 nitrogen and oxygen atoms in total. The van der Waals surface area contributed by atoms with Gasteiger partial charge in [0, 0.05) is 6.20 Å². The van der Waals surface area contributed by atoms with Crippen LogP contribution in [0.5, 0.6) is 0 Å². The van der Waals surface area contributed by atoms with Gasteiger partial charge >= 0.3 is 0 Å². The van der Waals surface area contributed by atoms with Crippen molar-refractivity contribution in [3.05, 3.63) is 28.3 Å². The number of ether oxygens (including phenoxy) is 1. The minimum absolute atomic E-state index is 0.0152. The van der Waals surface area contributed by atoms with Crippen LogP contribution < -0.4 is 16.9 Å². The predicted octanol–water partition coefficient (Wildman–Crippen LogP) is -2.53. The van der Waals surface area contributed by atoms with Gasteiger partial charge in [-0.05, 0) is 6.92 Å². The number of hydrogen-bond donors (Lipinski definition) is 5. The number of aliphatic hydroxyl groups excluding tert-OH is 2. The van der Waals surface area contributed by atoms with Crippen molar-refractivity contribution in [2.24, 2.45) is 5.73 Å². The highest BCUT2D eigenvalue weighted by Gasteiger charge is 2.53. The van der Waals surface area contributed by atoms with Crippen molar-refractivity contribution in [2.45, 2.75) is 31.0 Å². The number of anilines is 1. The Hall–Kier alpha value is -2.60. The first kappa shape index (κ1) is 17.2. The molecule has 25 heavy (non-hydrogen) atoms. The van der Waals surface area contributed by atoms with Gasteiger partial charge in [-0.15, -0.1) is 0 Å². The molecule has 11 heteroatoms. The Morgan fingerprint density at radius 1 is 1.48 bits per heavy atom. The van der Waals surface area contributed by atoms with E-state index < -0.39 is 47.5 Å². The number of hydrogen-bond acceptors (Lipinski definition) is 9. The van der Waals surface area contributed by atoms with E-state index in [1.807, 2.05) is 0 Å². The summed E-state index contributed by atoms with van der Waals surface area (Å²) in [7, 11) is 0. The standard InChI is InChI=1S/C14H17N5O6/c1-14(24)9(22)6(3-20)25-13(14)19-2-5(11(16)23)8(21)7-10(15)17-4-18-12(7)19/h2,4,6,9,13,20,22,24H,3H2,1H3,(H2,16,23)(H2,15,17,18)/t6?,9?,13?,14-/m1/s1. The number of fused-ring (bicyclic) bond motifs is 1. The molecule has 0 spiro atoms. The van der Waals surface area contributed by atoms with Crippen LogP contribution in [-0.2, 0) is 4.74 Å². The molecule has 7 N–H and O–H groups in total.